The number of piperazine rings is 1. The zero-order valence-electron chi connectivity index (χ0n) is 14.2. The third-order valence-electron chi connectivity index (χ3n) is 4.38. The monoisotopic (exact) mass is 355 g/mol. The van der Waals surface area contributed by atoms with E-state index in [2.05, 4.69) is 4.74 Å². The number of ether oxygens (including phenoxy) is 1. The van der Waals surface area contributed by atoms with E-state index in [1.54, 1.807) is 0 Å². The fraction of sp³-hybridized carbons (Fsp3) is 0.529. The number of rotatable bonds is 5. The number of benzene rings is 1. The maximum absolute atomic E-state index is 12.6. The zero-order chi connectivity index (χ0) is 16.8. The van der Waals surface area contributed by atoms with E-state index in [0.29, 0.717) is 26.2 Å². The Morgan fingerprint density at radius 2 is 1.75 bits per heavy atom. The summed E-state index contributed by atoms with van der Waals surface area (Å²) in [7, 11) is 1.38. The summed E-state index contributed by atoms with van der Waals surface area (Å²) in [6, 6.07) is 9.38. The van der Waals surface area contributed by atoms with Gasteiger partial charge in [-0.05, 0) is 5.56 Å². The van der Waals surface area contributed by atoms with E-state index in [1.807, 2.05) is 47.1 Å². The van der Waals surface area contributed by atoms with Gasteiger partial charge < -0.3 is 15.4 Å². The lowest BCUT2D eigenvalue weighted by Gasteiger charge is -2.36. The zero-order valence-corrected chi connectivity index (χ0v) is 15.0. The lowest BCUT2D eigenvalue weighted by Crippen LogP contribution is -2.52. The third kappa shape index (κ3) is 5.19. The van der Waals surface area contributed by atoms with E-state index in [4.69, 9.17) is 5.73 Å². The molecule has 24 heavy (non-hydrogen) atoms. The molecule has 134 valence electrons. The van der Waals surface area contributed by atoms with Gasteiger partial charge in [-0.2, -0.15) is 0 Å². The van der Waals surface area contributed by atoms with Crippen LogP contribution < -0.4 is 5.73 Å². The molecule has 1 aromatic rings. The Hall–Kier alpha value is -1.63. The number of methoxy groups -OCH3 is 1. The normalized spacial score (nSPS) is 17.5. The largest absolute Gasteiger partial charge is 0.468 e. The molecule has 1 saturated heterocycles. The molecule has 1 fully saturated rings. The maximum atomic E-state index is 12.6. The van der Waals surface area contributed by atoms with Crippen LogP contribution in [0.4, 0.5) is 0 Å². The lowest BCUT2D eigenvalue weighted by atomic mass is 9.94. The number of carbonyl (C=O) groups excluding carboxylic acids is 2. The molecule has 1 heterocycles. The van der Waals surface area contributed by atoms with Crippen molar-refractivity contribution in [3.05, 3.63) is 35.9 Å². The van der Waals surface area contributed by atoms with Gasteiger partial charge in [-0.3, -0.25) is 14.5 Å². The van der Waals surface area contributed by atoms with Crippen molar-refractivity contribution in [2.45, 2.75) is 13.0 Å². The van der Waals surface area contributed by atoms with E-state index in [-0.39, 0.29) is 42.8 Å². The van der Waals surface area contributed by atoms with Crippen molar-refractivity contribution >= 4 is 24.3 Å². The topological polar surface area (TPSA) is 75.9 Å². The average molecular weight is 356 g/mol. The van der Waals surface area contributed by atoms with Crippen LogP contribution in [-0.2, 0) is 14.3 Å². The first-order valence-electron chi connectivity index (χ1n) is 7.91. The number of nitrogens with zero attached hydrogens (tertiary/aromatic N) is 2. The Labute approximate surface area is 149 Å². The number of halogens is 1. The maximum Gasteiger partial charge on any atom is 0.319 e. The number of nitrogens with two attached hydrogens (primary N) is 1. The minimum atomic E-state index is -0.309. The van der Waals surface area contributed by atoms with Crippen LogP contribution in [0.3, 0.4) is 0 Å². The summed E-state index contributed by atoms with van der Waals surface area (Å²) in [5.74, 6) is -0.451. The first kappa shape index (κ1) is 20.4. The summed E-state index contributed by atoms with van der Waals surface area (Å²) >= 11 is 0. The molecule has 2 unspecified atom stereocenters. The van der Waals surface area contributed by atoms with Gasteiger partial charge in [0.05, 0.1) is 19.6 Å². The number of hydrogen-bond acceptors (Lipinski definition) is 5. The van der Waals surface area contributed by atoms with Gasteiger partial charge in [0.1, 0.15) is 0 Å². The van der Waals surface area contributed by atoms with Gasteiger partial charge in [-0.25, -0.2) is 0 Å². The van der Waals surface area contributed by atoms with Crippen LogP contribution in [0.5, 0.6) is 0 Å². The fourth-order valence-electron chi connectivity index (χ4n) is 2.78. The molecule has 1 aliphatic rings. The van der Waals surface area contributed by atoms with Crippen LogP contribution in [0.25, 0.3) is 0 Å². The second-order valence-corrected chi connectivity index (χ2v) is 5.90. The Morgan fingerprint density at radius 1 is 1.17 bits per heavy atom. The number of amides is 1. The number of carbonyl (C=O) groups is 2. The highest BCUT2D eigenvalue weighted by Crippen LogP contribution is 2.21. The predicted octanol–water partition coefficient (Wildman–Crippen LogP) is 1.06. The second kappa shape index (κ2) is 9.61. The van der Waals surface area contributed by atoms with Crippen molar-refractivity contribution < 1.29 is 14.3 Å². The van der Waals surface area contributed by atoms with Gasteiger partial charge in [0.2, 0.25) is 5.91 Å². The van der Waals surface area contributed by atoms with Gasteiger partial charge in [0.25, 0.3) is 0 Å². The van der Waals surface area contributed by atoms with Crippen molar-refractivity contribution in [3.63, 3.8) is 0 Å². The Morgan fingerprint density at radius 3 is 2.29 bits per heavy atom. The fourth-order valence-corrected chi connectivity index (χ4v) is 2.78. The van der Waals surface area contributed by atoms with Gasteiger partial charge in [-0.15, -0.1) is 12.4 Å². The third-order valence-corrected chi connectivity index (χ3v) is 4.38. The molecular weight excluding hydrogens is 330 g/mol. The van der Waals surface area contributed by atoms with Gasteiger partial charge in [-0.1, -0.05) is 37.3 Å². The summed E-state index contributed by atoms with van der Waals surface area (Å²) in [5, 5.41) is 0. The van der Waals surface area contributed by atoms with Gasteiger partial charge in [0.15, 0.2) is 0 Å². The highest BCUT2D eigenvalue weighted by Gasteiger charge is 2.29. The van der Waals surface area contributed by atoms with Crippen molar-refractivity contribution in [2.24, 2.45) is 11.7 Å². The molecule has 0 saturated carbocycles. The summed E-state index contributed by atoms with van der Waals surface area (Å²) in [5.41, 5.74) is 7.21. The van der Waals surface area contributed by atoms with Crippen molar-refractivity contribution in [1.29, 1.82) is 0 Å². The van der Waals surface area contributed by atoms with E-state index >= 15 is 0 Å². The molecule has 1 aromatic carbocycles. The van der Waals surface area contributed by atoms with E-state index in [1.165, 1.54) is 7.11 Å². The highest BCUT2D eigenvalue weighted by atomic mass is 35.5. The SMILES string of the molecule is COC(=O)CN1CCN(C(=O)C(C)C(N)c2ccccc2)CC1.Cl. The second-order valence-electron chi connectivity index (χ2n) is 5.90. The molecule has 6 nitrogen and oxygen atoms in total. The number of hydrogen-bond donors (Lipinski definition) is 1. The first-order chi connectivity index (χ1) is 11.0. The molecule has 7 heteroatoms. The molecule has 0 bridgehead atoms. The Balaban J connectivity index is 0.00000288. The Kier molecular flexibility index (Phi) is 8.18. The van der Waals surface area contributed by atoms with E-state index in [0.717, 1.165) is 5.56 Å². The summed E-state index contributed by atoms with van der Waals surface area (Å²) in [6.07, 6.45) is 0. The molecule has 0 aromatic heterocycles. The minimum Gasteiger partial charge on any atom is -0.468 e. The van der Waals surface area contributed by atoms with Crippen molar-refractivity contribution in [2.75, 3.05) is 39.8 Å². The molecule has 1 aliphatic heterocycles. The van der Waals surface area contributed by atoms with Crippen LogP contribution in [0.1, 0.15) is 18.5 Å². The van der Waals surface area contributed by atoms with Crippen LogP contribution >= 0.6 is 12.4 Å². The van der Waals surface area contributed by atoms with Crippen LogP contribution in [-0.4, -0.2) is 61.5 Å². The summed E-state index contributed by atoms with van der Waals surface area (Å²) in [4.78, 5) is 27.8. The first-order valence-corrected chi connectivity index (χ1v) is 7.91. The number of esters is 1. The van der Waals surface area contributed by atoms with Crippen LogP contribution in [0.15, 0.2) is 30.3 Å². The molecule has 0 spiro atoms. The Bertz CT molecular complexity index is 533. The molecular formula is C17H26ClN3O3. The van der Waals surface area contributed by atoms with Crippen molar-refractivity contribution in [3.8, 4) is 0 Å². The molecule has 0 aliphatic carbocycles. The van der Waals surface area contributed by atoms with Crippen LogP contribution in [0.2, 0.25) is 0 Å². The average Bonchev–Trinajstić information content (AvgIpc) is 2.61. The predicted molar refractivity (Wildman–Crippen MR) is 94.8 cm³/mol. The summed E-state index contributed by atoms with van der Waals surface area (Å²) in [6.45, 7) is 4.73. The standard InChI is InChI=1S/C17H25N3O3.ClH/c1-13(16(18)14-6-4-3-5-7-14)17(22)20-10-8-19(9-11-20)12-15(21)23-2;/h3-7,13,16H,8-12,18H2,1-2H3;1H. The van der Waals surface area contributed by atoms with Gasteiger partial charge >= 0.3 is 5.97 Å². The lowest BCUT2D eigenvalue weighted by molar-refractivity contribution is -0.143. The molecule has 0 radical (unpaired) electrons. The summed E-state index contributed by atoms with van der Waals surface area (Å²) < 4.78 is 4.67. The van der Waals surface area contributed by atoms with Crippen LogP contribution in [0, 0.1) is 5.92 Å². The molecule has 2 atom stereocenters. The van der Waals surface area contributed by atoms with E-state index < -0.39 is 0 Å². The van der Waals surface area contributed by atoms with Crippen molar-refractivity contribution in [1.82, 2.24) is 9.80 Å². The van der Waals surface area contributed by atoms with Gasteiger partial charge in [0, 0.05) is 32.2 Å². The minimum absolute atomic E-state index is 0. The quantitative estimate of drug-likeness (QED) is 0.799. The molecule has 2 rings (SSSR count). The highest BCUT2D eigenvalue weighted by molar-refractivity contribution is 5.85. The van der Waals surface area contributed by atoms with E-state index in [9.17, 15) is 9.59 Å². The molecule has 2 N–H and O–H groups in total. The molecule has 1 amide bonds. The smallest absolute Gasteiger partial charge is 0.319 e.